The largest absolute Gasteiger partial charge is 0.489 e. The van der Waals surface area contributed by atoms with Crippen LogP contribution >= 0.6 is 11.6 Å². The fraction of sp³-hybridized carbons (Fsp3) is 0.167. The fourth-order valence-electron chi connectivity index (χ4n) is 4.64. The van der Waals surface area contributed by atoms with Crippen molar-refractivity contribution in [1.29, 1.82) is 0 Å². The predicted molar refractivity (Wildman–Crippen MR) is 142 cm³/mol. The molecule has 7 heteroatoms. The molecular formula is C30H25ClN2O4. The van der Waals surface area contributed by atoms with E-state index >= 15 is 0 Å². The highest BCUT2D eigenvalue weighted by Gasteiger charge is 2.45. The van der Waals surface area contributed by atoms with E-state index in [1.165, 1.54) is 0 Å². The van der Waals surface area contributed by atoms with Gasteiger partial charge >= 0.3 is 5.97 Å². The van der Waals surface area contributed by atoms with Crippen molar-refractivity contribution in [1.82, 2.24) is 10.3 Å². The third kappa shape index (κ3) is 5.65. The lowest BCUT2D eigenvalue weighted by atomic mass is 9.95. The van der Waals surface area contributed by atoms with Crippen molar-refractivity contribution in [2.45, 2.75) is 31.4 Å². The Morgan fingerprint density at radius 1 is 0.865 bits per heavy atom. The third-order valence-electron chi connectivity index (χ3n) is 6.60. The zero-order valence-corrected chi connectivity index (χ0v) is 20.7. The van der Waals surface area contributed by atoms with Gasteiger partial charge in [0, 0.05) is 30.3 Å². The zero-order chi connectivity index (χ0) is 25.8. The molecule has 2 N–H and O–H groups in total. The van der Waals surface area contributed by atoms with Crippen LogP contribution in [0.2, 0.25) is 5.02 Å². The second-order valence-electron chi connectivity index (χ2n) is 9.24. The van der Waals surface area contributed by atoms with E-state index in [9.17, 15) is 14.7 Å². The Morgan fingerprint density at radius 3 is 2.24 bits per heavy atom. The summed E-state index contributed by atoms with van der Waals surface area (Å²) in [7, 11) is 0. The topological polar surface area (TPSA) is 88.5 Å². The quantitative estimate of drug-likeness (QED) is 0.336. The summed E-state index contributed by atoms with van der Waals surface area (Å²) in [6.45, 7) is 0.420. The SMILES string of the molecule is O=C(Cc1ccc(OCc2ccncc2)cc1)NC1(C(=O)O)Cc2ccc(-c3ccc(Cl)cc3)cc2C1. The van der Waals surface area contributed by atoms with Crippen LogP contribution in [0.3, 0.4) is 0 Å². The van der Waals surface area contributed by atoms with Crippen LogP contribution in [0.15, 0.2) is 91.3 Å². The summed E-state index contributed by atoms with van der Waals surface area (Å²) in [4.78, 5) is 29.3. The molecule has 5 rings (SSSR count). The van der Waals surface area contributed by atoms with Crippen molar-refractivity contribution in [2.24, 2.45) is 0 Å². The number of carbonyl (C=O) groups is 2. The number of carboxylic acids is 1. The lowest BCUT2D eigenvalue weighted by Gasteiger charge is -2.25. The second-order valence-corrected chi connectivity index (χ2v) is 9.68. The molecule has 1 atom stereocenters. The summed E-state index contributed by atoms with van der Waals surface area (Å²) in [5, 5.41) is 13.6. The van der Waals surface area contributed by atoms with Gasteiger partial charge in [0.05, 0.1) is 6.42 Å². The van der Waals surface area contributed by atoms with E-state index in [0.717, 1.165) is 33.4 Å². The molecule has 3 aromatic carbocycles. The Balaban J connectivity index is 1.23. The Labute approximate surface area is 219 Å². The molecule has 1 aliphatic carbocycles. The number of hydrogen-bond acceptors (Lipinski definition) is 4. The van der Waals surface area contributed by atoms with E-state index < -0.39 is 11.5 Å². The highest BCUT2D eigenvalue weighted by molar-refractivity contribution is 6.30. The summed E-state index contributed by atoms with van der Waals surface area (Å²) in [6, 6.07) is 24.4. The third-order valence-corrected chi connectivity index (χ3v) is 6.85. The van der Waals surface area contributed by atoms with Gasteiger partial charge in [0.25, 0.3) is 0 Å². The number of aliphatic carboxylic acids is 1. The van der Waals surface area contributed by atoms with E-state index in [0.29, 0.717) is 17.4 Å². The highest BCUT2D eigenvalue weighted by Crippen LogP contribution is 2.34. The van der Waals surface area contributed by atoms with Crippen molar-refractivity contribution in [3.8, 4) is 16.9 Å². The highest BCUT2D eigenvalue weighted by atomic mass is 35.5. The number of aromatic nitrogens is 1. The first-order valence-electron chi connectivity index (χ1n) is 11.9. The molecule has 4 aromatic rings. The van der Waals surface area contributed by atoms with Crippen LogP contribution in [0.25, 0.3) is 11.1 Å². The molecule has 1 aromatic heterocycles. The summed E-state index contributed by atoms with van der Waals surface area (Å²) in [6.07, 6.45) is 3.97. The first kappa shape index (κ1) is 24.5. The maximum atomic E-state index is 12.9. The first-order valence-corrected chi connectivity index (χ1v) is 12.3. The van der Waals surface area contributed by atoms with Crippen molar-refractivity contribution in [2.75, 3.05) is 0 Å². The molecule has 0 radical (unpaired) electrons. The van der Waals surface area contributed by atoms with Gasteiger partial charge in [0.1, 0.15) is 17.9 Å². The number of hydrogen-bond donors (Lipinski definition) is 2. The summed E-state index contributed by atoms with van der Waals surface area (Å²) >= 11 is 6.00. The lowest BCUT2D eigenvalue weighted by Crippen LogP contribution is -2.55. The van der Waals surface area contributed by atoms with Crippen molar-refractivity contribution < 1.29 is 19.4 Å². The van der Waals surface area contributed by atoms with Crippen molar-refractivity contribution in [3.63, 3.8) is 0 Å². The van der Waals surface area contributed by atoms with Crippen molar-refractivity contribution >= 4 is 23.5 Å². The molecule has 0 saturated carbocycles. The molecule has 1 unspecified atom stereocenters. The van der Waals surface area contributed by atoms with Gasteiger partial charge in [0.2, 0.25) is 5.91 Å². The van der Waals surface area contributed by atoms with Gasteiger partial charge in [0.15, 0.2) is 0 Å². The maximum absolute atomic E-state index is 12.9. The van der Waals surface area contributed by atoms with Gasteiger partial charge in [-0.1, -0.05) is 54.1 Å². The number of rotatable bonds is 8. The van der Waals surface area contributed by atoms with E-state index in [4.69, 9.17) is 16.3 Å². The molecule has 186 valence electrons. The van der Waals surface area contributed by atoms with E-state index in [1.807, 2.05) is 66.7 Å². The standard InChI is InChI=1S/C30H25ClN2O4/c31-26-7-5-22(6-8-26)23-3-4-24-17-30(29(35)36,18-25(24)16-23)33-28(34)15-20-1-9-27(10-2-20)37-19-21-11-13-32-14-12-21/h1-14,16H,15,17-19H2,(H,33,34)(H,35,36). The minimum atomic E-state index is -1.37. The molecular weight excluding hydrogens is 488 g/mol. The molecule has 1 aliphatic rings. The van der Waals surface area contributed by atoms with Crippen LogP contribution in [0.4, 0.5) is 0 Å². The number of nitrogens with one attached hydrogen (secondary N) is 1. The molecule has 6 nitrogen and oxygen atoms in total. The Hall–Kier alpha value is -4.16. The number of ether oxygens (including phenoxy) is 1. The summed E-state index contributed by atoms with van der Waals surface area (Å²) in [5.74, 6) is -0.686. The number of amides is 1. The first-order chi connectivity index (χ1) is 17.9. The van der Waals surface area contributed by atoms with Crippen LogP contribution in [-0.2, 0) is 35.5 Å². The normalized spacial score (nSPS) is 16.1. The maximum Gasteiger partial charge on any atom is 0.330 e. The zero-order valence-electron chi connectivity index (χ0n) is 20.0. The van der Waals surface area contributed by atoms with Crippen LogP contribution in [0.5, 0.6) is 5.75 Å². The van der Waals surface area contributed by atoms with Crippen LogP contribution in [-0.4, -0.2) is 27.5 Å². The molecule has 1 amide bonds. The molecule has 1 heterocycles. The fourth-order valence-corrected chi connectivity index (χ4v) is 4.76. The second kappa shape index (κ2) is 10.4. The molecule has 37 heavy (non-hydrogen) atoms. The Morgan fingerprint density at radius 2 is 1.54 bits per heavy atom. The minimum absolute atomic E-state index is 0.0754. The number of nitrogens with zero attached hydrogens (tertiary/aromatic N) is 1. The Kier molecular flexibility index (Phi) is 6.93. The Bertz CT molecular complexity index is 1420. The number of pyridine rings is 1. The average molecular weight is 513 g/mol. The van der Waals surface area contributed by atoms with Crippen LogP contribution in [0, 0.1) is 0 Å². The average Bonchev–Trinajstić information content (AvgIpc) is 3.28. The molecule has 0 fully saturated rings. The van der Waals surface area contributed by atoms with Gasteiger partial charge in [-0.3, -0.25) is 9.78 Å². The van der Waals surface area contributed by atoms with E-state index in [2.05, 4.69) is 10.3 Å². The van der Waals surface area contributed by atoms with Gasteiger partial charge < -0.3 is 15.2 Å². The number of halogens is 1. The van der Waals surface area contributed by atoms with Gasteiger partial charge in [-0.05, 0) is 69.8 Å². The van der Waals surface area contributed by atoms with E-state index in [-0.39, 0.29) is 25.2 Å². The van der Waals surface area contributed by atoms with Crippen LogP contribution < -0.4 is 10.1 Å². The smallest absolute Gasteiger partial charge is 0.330 e. The molecule has 0 spiro atoms. The van der Waals surface area contributed by atoms with Crippen molar-refractivity contribution in [3.05, 3.63) is 119 Å². The van der Waals surface area contributed by atoms with Gasteiger partial charge in [-0.25, -0.2) is 4.79 Å². The number of benzene rings is 3. The van der Waals surface area contributed by atoms with Gasteiger partial charge in [-0.15, -0.1) is 0 Å². The molecule has 0 saturated heterocycles. The molecule has 0 bridgehead atoms. The summed E-state index contributed by atoms with van der Waals surface area (Å²) in [5.41, 5.74) is 4.24. The minimum Gasteiger partial charge on any atom is -0.489 e. The van der Waals surface area contributed by atoms with E-state index in [1.54, 1.807) is 24.5 Å². The number of carboxylic acid groups (broad SMARTS) is 1. The summed E-state index contributed by atoms with van der Waals surface area (Å²) < 4.78 is 5.78. The van der Waals surface area contributed by atoms with Gasteiger partial charge in [-0.2, -0.15) is 0 Å². The number of fused-ring (bicyclic) bond motifs is 1. The van der Waals surface area contributed by atoms with Crippen LogP contribution in [0.1, 0.15) is 22.3 Å². The molecule has 0 aliphatic heterocycles. The predicted octanol–water partition coefficient (Wildman–Crippen LogP) is 5.26. The lowest BCUT2D eigenvalue weighted by molar-refractivity contribution is -0.147. The number of carbonyl (C=O) groups excluding carboxylic acids is 1. The monoisotopic (exact) mass is 512 g/mol.